The van der Waals surface area contributed by atoms with Gasteiger partial charge in [0.25, 0.3) is 0 Å². The molecule has 0 radical (unpaired) electrons. The Labute approximate surface area is 53.4 Å². The van der Waals surface area contributed by atoms with Crippen molar-refractivity contribution in [2.45, 2.75) is 0 Å². The van der Waals surface area contributed by atoms with Gasteiger partial charge in [0.15, 0.2) is 0 Å². The van der Waals surface area contributed by atoms with E-state index in [2.05, 4.69) is 11.6 Å². The maximum atomic E-state index is 5.45. The molecule has 0 saturated carbocycles. The van der Waals surface area contributed by atoms with E-state index in [1.165, 1.54) is 0 Å². The van der Waals surface area contributed by atoms with Crippen molar-refractivity contribution in [2.24, 2.45) is 0 Å². The van der Waals surface area contributed by atoms with Gasteiger partial charge in [-0.15, -0.1) is 0 Å². The second kappa shape index (κ2) is 1.85. The van der Waals surface area contributed by atoms with Crippen molar-refractivity contribution in [2.75, 3.05) is 11.5 Å². The topological polar surface area (TPSA) is 67.8 Å². The van der Waals surface area contributed by atoms with Crippen LogP contribution in [0.25, 0.3) is 6.08 Å². The summed E-state index contributed by atoms with van der Waals surface area (Å²) in [7, 11) is 0. The van der Waals surface area contributed by atoms with Gasteiger partial charge in [-0.1, -0.05) is 12.7 Å². The number of H-pyrrole nitrogens is 1. The van der Waals surface area contributed by atoms with Crippen molar-refractivity contribution >= 4 is 17.7 Å². The highest BCUT2D eigenvalue weighted by Gasteiger charge is 1.95. The third-order valence-electron chi connectivity index (χ3n) is 1.12. The van der Waals surface area contributed by atoms with E-state index in [0.717, 1.165) is 5.56 Å². The van der Waals surface area contributed by atoms with Gasteiger partial charge in [-0.05, 0) is 6.07 Å². The van der Waals surface area contributed by atoms with E-state index < -0.39 is 0 Å². The zero-order chi connectivity index (χ0) is 6.85. The molecule has 0 spiro atoms. The lowest BCUT2D eigenvalue weighted by molar-refractivity contribution is 1.42. The van der Waals surface area contributed by atoms with Crippen molar-refractivity contribution < 1.29 is 0 Å². The van der Waals surface area contributed by atoms with Crippen molar-refractivity contribution in [3.63, 3.8) is 0 Å². The van der Waals surface area contributed by atoms with Gasteiger partial charge in [-0.2, -0.15) is 0 Å². The molecule has 1 heterocycles. The Kier molecular flexibility index (Phi) is 1.18. The molecule has 0 aliphatic rings. The van der Waals surface area contributed by atoms with Crippen LogP contribution in [0.3, 0.4) is 0 Å². The van der Waals surface area contributed by atoms with Gasteiger partial charge < -0.3 is 16.5 Å². The molecule has 0 aliphatic carbocycles. The zero-order valence-electron chi connectivity index (χ0n) is 5.02. The molecule has 9 heavy (non-hydrogen) atoms. The molecule has 0 aliphatic heterocycles. The standard InChI is InChI=1S/C6H9N3/c1-2-4-3-5(7)9-6(4)8/h2-3,9H,1,7-8H2. The van der Waals surface area contributed by atoms with Crippen LogP contribution in [0, 0.1) is 0 Å². The first-order chi connectivity index (χ1) is 4.24. The third-order valence-corrected chi connectivity index (χ3v) is 1.12. The van der Waals surface area contributed by atoms with Gasteiger partial charge in [0.05, 0.1) is 0 Å². The average molecular weight is 123 g/mol. The second-order valence-electron chi connectivity index (χ2n) is 1.80. The van der Waals surface area contributed by atoms with Crippen LogP contribution >= 0.6 is 0 Å². The quantitative estimate of drug-likeness (QED) is 0.517. The Hall–Kier alpha value is -1.38. The van der Waals surface area contributed by atoms with E-state index in [4.69, 9.17) is 11.5 Å². The molecule has 1 aromatic rings. The maximum Gasteiger partial charge on any atom is 0.109 e. The van der Waals surface area contributed by atoms with Gasteiger partial charge in [0, 0.05) is 5.56 Å². The van der Waals surface area contributed by atoms with E-state index >= 15 is 0 Å². The average Bonchev–Trinajstić information content (AvgIpc) is 2.10. The molecule has 0 fully saturated rings. The van der Waals surface area contributed by atoms with E-state index in [1.807, 2.05) is 0 Å². The van der Waals surface area contributed by atoms with Crippen molar-refractivity contribution in [3.05, 3.63) is 18.2 Å². The lowest BCUT2D eigenvalue weighted by atomic mass is 10.3. The van der Waals surface area contributed by atoms with Crippen LogP contribution in [0.15, 0.2) is 12.6 Å². The molecule has 0 saturated heterocycles. The lowest BCUT2D eigenvalue weighted by Gasteiger charge is -1.84. The maximum absolute atomic E-state index is 5.45. The minimum atomic E-state index is 0.572. The first kappa shape index (κ1) is 5.75. The SMILES string of the molecule is C=Cc1cc(N)[nH]c1N. The molecule has 1 rings (SSSR count). The summed E-state index contributed by atoms with van der Waals surface area (Å²) >= 11 is 0. The fourth-order valence-corrected chi connectivity index (χ4v) is 0.678. The molecule has 5 N–H and O–H groups in total. The smallest absolute Gasteiger partial charge is 0.109 e. The van der Waals surface area contributed by atoms with Gasteiger partial charge in [0.2, 0.25) is 0 Å². The van der Waals surface area contributed by atoms with Crippen LogP contribution in [0.1, 0.15) is 5.56 Å². The predicted molar refractivity (Wildman–Crippen MR) is 39.7 cm³/mol. The zero-order valence-corrected chi connectivity index (χ0v) is 5.02. The summed E-state index contributed by atoms with van der Waals surface area (Å²) in [6, 6.07) is 1.74. The fourth-order valence-electron chi connectivity index (χ4n) is 0.678. The summed E-state index contributed by atoms with van der Waals surface area (Å²) in [5, 5.41) is 0. The first-order valence-corrected chi connectivity index (χ1v) is 2.60. The molecular formula is C6H9N3. The number of aromatic nitrogens is 1. The number of hydrogen-bond acceptors (Lipinski definition) is 2. The number of anilines is 2. The van der Waals surface area contributed by atoms with Crippen LogP contribution < -0.4 is 11.5 Å². The summed E-state index contributed by atoms with van der Waals surface area (Å²) in [4.78, 5) is 2.74. The molecule has 0 amide bonds. The molecule has 0 aromatic carbocycles. The monoisotopic (exact) mass is 123 g/mol. The first-order valence-electron chi connectivity index (χ1n) is 2.60. The van der Waals surface area contributed by atoms with Gasteiger partial charge >= 0.3 is 0 Å². The second-order valence-corrected chi connectivity index (χ2v) is 1.80. The highest BCUT2D eigenvalue weighted by atomic mass is 14.9. The minimum Gasteiger partial charge on any atom is -0.385 e. The van der Waals surface area contributed by atoms with Crippen LogP contribution in [0.2, 0.25) is 0 Å². The molecule has 48 valence electrons. The van der Waals surface area contributed by atoms with E-state index in [0.29, 0.717) is 11.6 Å². The van der Waals surface area contributed by atoms with Crippen molar-refractivity contribution in [1.29, 1.82) is 0 Å². The molecule has 0 bridgehead atoms. The lowest BCUT2D eigenvalue weighted by Crippen LogP contribution is -1.87. The highest BCUT2D eigenvalue weighted by molar-refractivity contribution is 5.65. The third kappa shape index (κ3) is 0.887. The summed E-state index contributed by atoms with van der Waals surface area (Å²) in [5.41, 5.74) is 11.7. The van der Waals surface area contributed by atoms with Gasteiger partial charge in [-0.3, -0.25) is 0 Å². The molecule has 0 atom stereocenters. The van der Waals surface area contributed by atoms with E-state index in [1.54, 1.807) is 12.1 Å². The molecular weight excluding hydrogens is 114 g/mol. The Balaban J connectivity index is 3.15. The van der Waals surface area contributed by atoms with Crippen molar-refractivity contribution in [1.82, 2.24) is 4.98 Å². The minimum absolute atomic E-state index is 0.572. The predicted octanol–water partition coefficient (Wildman–Crippen LogP) is 0.822. The highest BCUT2D eigenvalue weighted by Crippen LogP contribution is 2.14. The van der Waals surface area contributed by atoms with Crippen molar-refractivity contribution in [3.8, 4) is 0 Å². The number of nitrogens with one attached hydrogen (secondary N) is 1. The Morgan fingerprint density at radius 2 is 2.22 bits per heavy atom. The normalized spacial score (nSPS) is 9.33. The summed E-state index contributed by atoms with van der Waals surface area (Å²) < 4.78 is 0. The number of hydrogen-bond donors (Lipinski definition) is 3. The Morgan fingerprint density at radius 3 is 2.44 bits per heavy atom. The van der Waals surface area contributed by atoms with Gasteiger partial charge in [-0.25, -0.2) is 0 Å². The summed E-state index contributed by atoms with van der Waals surface area (Å²) in [5.74, 6) is 1.14. The number of rotatable bonds is 1. The van der Waals surface area contributed by atoms with Crippen LogP contribution in [0.4, 0.5) is 11.6 Å². The molecule has 3 nitrogen and oxygen atoms in total. The Morgan fingerprint density at radius 1 is 1.56 bits per heavy atom. The van der Waals surface area contributed by atoms with Gasteiger partial charge in [0.1, 0.15) is 11.6 Å². The molecule has 1 aromatic heterocycles. The molecule has 3 heteroatoms. The number of nitrogen functional groups attached to an aromatic ring is 2. The fraction of sp³-hybridized carbons (Fsp3) is 0. The summed E-state index contributed by atoms with van der Waals surface area (Å²) in [6.07, 6.45) is 1.65. The van der Waals surface area contributed by atoms with Crippen LogP contribution in [-0.4, -0.2) is 4.98 Å². The van der Waals surface area contributed by atoms with E-state index in [-0.39, 0.29) is 0 Å². The molecule has 0 unspecified atom stereocenters. The number of aromatic amines is 1. The number of nitrogens with two attached hydrogens (primary N) is 2. The Bertz CT molecular complexity index is 224. The van der Waals surface area contributed by atoms with Crippen LogP contribution in [0.5, 0.6) is 0 Å². The summed E-state index contributed by atoms with van der Waals surface area (Å²) in [6.45, 7) is 3.55. The van der Waals surface area contributed by atoms with Crippen LogP contribution in [-0.2, 0) is 0 Å². The van der Waals surface area contributed by atoms with E-state index in [9.17, 15) is 0 Å². The largest absolute Gasteiger partial charge is 0.385 e.